The molecule has 0 aliphatic carbocycles. The molecule has 1 atom stereocenters. The van der Waals surface area contributed by atoms with Gasteiger partial charge in [0.2, 0.25) is 29.3 Å². The summed E-state index contributed by atoms with van der Waals surface area (Å²) < 4.78 is 102. The lowest BCUT2D eigenvalue weighted by molar-refractivity contribution is -0.136. The number of carbonyl (C=O) groups is 4. The van der Waals surface area contributed by atoms with Crippen LogP contribution in [0.15, 0.2) is 10.2 Å². The molecular formula is C44H72F4N10O13. The predicted octanol–water partition coefficient (Wildman–Crippen LogP) is 4.42. The molecule has 0 saturated heterocycles. The number of nitrogens with one attached hydrogen (secondary N) is 4. The Hall–Kier alpha value is -4.92. The Morgan fingerprint density at radius 1 is 0.493 bits per heavy atom. The number of carbonyl (C=O) groups excluding carboxylic acids is 4. The molecule has 404 valence electrons. The van der Waals surface area contributed by atoms with E-state index in [0.29, 0.717) is 98.7 Å². The van der Waals surface area contributed by atoms with Gasteiger partial charge in [0, 0.05) is 73.4 Å². The van der Waals surface area contributed by atoms with Gasteiger partial charge in [-0.3, -0.25) is 19.2 Å². The first-order chi connectivity index (χ1) is 34.5. The number of hydrogen-bond donors (Lipinski definition) is 4. The van der Waals surface area contributed by atoms with E-state index in [-0.39, 0.29) is 95.8 Å². The van der Waals surface area contributed by atoms with Gasteiger partial charge in [0.15, 0.2) is 17.5 Å². The number of rotatable bonds is 48. The van der Waals surface area contributed by atoms with Crippen LogP contribution in [-0.2, 0) is 57.1 Å². The van der Waals surface area contributed by atoms with E-state index < -0.39 is 47.0 Å². The van der Waals surface area contributed by atoms with Gasteiger partial charge < -0.3 is 63.9 Å². The summed E-state index contributed by atoms with van der Waals surface area (Å²) in [7, 11) is 0. The zero-order chi connectivity index (χ0) is 52.0. The van der Waals surface area contributed by atoms with Crippen LogP contribution in [0, 0.1) is 30.2 Å². The maximum atomic E-state index is 14.0. The molecule has 23 nitrogen and oxygen atoms in total. The van der Waals surface area contributed by atoms with Crippen LogP contribution in [0.5, 0.6) is 5.75 Å². The van der Waals surface area contributed by atoms with Crippen molar-refractivity contribution in [3.8, 4) is 5.75 Å². The van der Waals surface area contributed by atoms with Crippen LogP contribution in [-0.4, -0.2) is 175 Å². The largest absolute Gasteiger partial charge is 0.420 e. The first-order valence-electron chi connectivity index (χ1n) is 23.7. The predicted molar refractivity (Wildman–Crippen MR) is 248 cm³/mol. The lowest BCUT2D eigenvalue weighted by Gasteiger charge is -2.19. The number of unbranched alkanes of at least 4 members (excludes halogenated alkanes) is 1. The first-order valence-corrected chi connectivity index (χ1v) is 23.7. The van der Waals surface area contributed by atoms with Gasteiger partial charge in [0.1, 0.15) is 0 Å². The summed E-state index contributed by atoms with van der Waals surface area (Å²) >= 11 is 0. The highest BCUT2D eigenvalue weighted by Gasteiger charge is 2.26. The number of amides is 3. The molecule has 0 aliphatic rings. The Kier molecular flexibility index (Phi) is 40.6. The lowest BCUT2D eigenvalue weighted by atomic mass is 10.0. The molecule has 0 aliphatic heterocycles. The van der Waals surface area contributed by atoms with E-state index in [4.69, 9.17) is 49.0 Å². The first kappa shape index (κ1) is 64.1. The summed E-state index contributed by atoms with van der Waals surface area (Å²) in [6.07, 6.45) is 4.47. The molecule has 71 heavy (non-hydrogen) atoms. The molecule has 0 heterocycles. The van der Waals surface area contributed by atoms with Crippen molar-refractivity contribution in [1.82, 2.24) is 21.3 Å². The topological polar surface area (TPSA) is 297 Å². The van der Waals surface area contributed by atoms with Crippen molar-refractivity contribution in [2.75, 3.05) is 145 Å². The third-order valence-corrected chi connectivity index (χ3v) is 9.61. The molecular weight excluding hydrogens is 953 g/mol. The van der Waals surface area contributed by atoms with Gasteiger partial charge in [0.05, 0.1) is 112 Å². The van der Waals surface area contributed by atoms with Gasteiger partial charge in [-0.1, -0.05) is 10.2 Å². The Balaban J connectivity index is 2.22. The second-order valence-electron chi connectivity index (χ2n) is 15.2. The smallest absolute Gasteiger partial charge is 0.313 e. The van der Waals surface area contributed by atoms with Crippen LogP contribution in [0.25, 0.3) is 20.9 Å². The van der Waals surface area contributed by atoms with Gasteiger partial charge in [0.25, 0.3) is 0 Å². The lowest BCUT2D eigenvalue weighted by Crippen LogP contribution is -2.36. The van der Waals surface area contributed by atoms with E-state index in [1.54, 1.807) is 0 Å². The van der Waals surface area contributed by atoms with Crippen LogP contribution < -0.4 is 26.0 Å². The number of ether oxygens (including phenoxy) is 9. The standard InChI is InChI=1S/C44H72F4N10O13/c1-34-40(45)42(47)43(48)44(41(34)46)71-39(62)11-20-65-26-30-69-32-33-70-31-29-66-21-15-51-12-4-7-35(6-2-3-13-52-36(59)9-18-63-24-27-67-22-16-54-57-49)56-38(61)8-5-14-53-37(60)10-19-64-25-28-68-23-17-55-58-50/h35,51H,2-33H2,1H3,(H,52,59)(H,53,60)(H,56,61)/t35-/m0/s1. The quantitative estimate of drug-likeness (QED) is 0.00809. The van der Waals surface area contributed by atoms with Crippen LogP contribution in [0.1, 0.15) is 69.8 Å². The van der Waals surface area contributed by atoms with Gasteiger partial charge in [-0.15, -0.1) is 0 Å². The Bertz CT molecular complexity index is 1710. The number of benzene rings is 1. The second kappa shape index (κ2) is 45.0. The highest BCUT2D eigenvalue weighted by Crippen LogP contribution is 2.29. The minimum atomic E-state index is -1.94. The normalized spacial score (nSPS) is 11.4. The van der Waals surface area contributed by atoms with Gasteiger partial charge in [-0.05, 0) is 63.1 Å². The van der Waals surface area contributed by atoms with Crippen molar-refractivity contribution in [2.45, 2.75) is 77.2 Å². The molecule has 4 N–H and O–H groups in total. The van der Waals surface area contributed by atoms with Crippen molar-refractivity contribution in [3.05, 3.63) is 49.7 Å². The van der Waals surface area contributed by atoms with Gasteiger partial charge in [-0.25, -0.2) is 13.2 Å². The Morgan fingerprint density at radius 2 is 0.958 bits per heavy atom. The molecule has 0 aromatic heterocycles. The molecule has 1 aromatic rings. The molecule has 0 unspecified atom stereocenters. The number of halogens is 4. The molecule has 0 saturated carbocycles. The molecule has 0 radical (unpaired) electrons. The summed E-state index contributed by atoms with van der Waals surface area (Å²) in [5.74, 6) is -9.88. The molecule has 0 spiro atoms. The zero-order valence-electron chi connectivity index (χ0n) is 40.7. The third-order valence-electron chi connectivity index (χ3n) is 9.61. The summed E-state index contributed by atoms with van der Waals surface area (Å²) in [4.78, 5) is 54.4. The highest BCUT2D eigenvalue weighted by atomic mass is 19.2. The van der Waals surface area contributed by atoms with Crippen LogP contribution in [0.4, 0.5) is 17.6 Å². The Labute approximate surface area is 411 Å². The van der Waals surface area contributed by atoms with Gasteiger partial charge >= 0.3 is 5.97 Å². The molecule has 0 bridgehead atoms. The van der Waals surface area contributed by atoms with Crippen molar-refractivity contribution in [1.29, 1.82) is 0 Å². The fraction of sp³-hybridized carbons (Fsp3) is 0.773. The number of nitrogens with zero attached hydrogens (tertiary/aromatic N) is 6. The minimum absolute atomic E-state index is 0.0761. The number of hydrogen-bond acceptors (Lipinski definition) is 16. The monoisotopic (exact) mass is 1020 g/mol. The molecule has 1 rings (SSSR count). The van der Waals surface area contributed by atoms with E-state index in [1.807, 2.05) is 0 Å². The van der Waals surface area contributed by atoms with Crippen LogP contribution >= 0.6 is 0 Å². The summed E-state index contributed by atoms with van der Waals surface area (Å²) in [5, 5.41) is 18.9. The van der Waals surface area contributed by atoms with Crippen molar-refractivity contribution < 1.29 is 79.4 Å². The fourth-order valence-electron chi connectivity index (χ4n) is 5.90. The van der Waals surface area contributed by atoms with E-state index in [9.17, 15) is 36.7 Å². The third kappa shape index (κ3) is 35.8. The molecule has 27 heteroatoms. The average Bonchev–Trinajstić information content (AvgIpc) is 3.36. The maximum Gasteiger partial charge on any atom is 0.313 e. The van der Waals surface area contributed by atoms with Gasteiger partial charge in [-0.2, -0.15) is 4.39 Å². The molecule has 3 amide bonds. The van der Waals surface area contributed by atoms with Crippen molar-refractivity contribution >= 4 is 23.7 Å². The SMILES string of the molecule is Cc1c(F)c(F)c(F)c(OC(=O)CCOCCOCCOCCOCCNCCC[C@H](CCCCNC(=O)CCOCCOCCN=[N+]=[N-])NC(=O)CCCNC(=O)CCOCCOCCN=[N+]=[N-])c1F. The van der Waals surface area contributed by atoms with E-state index in [1.165, 1.54) is 0 Å². The minimum Gasteiger partial charge on any atom is -0.420 e. The summed E-state index contributed by atoms with van der Waals surface area (Å²) in [6.45, 7) is 7.78. The average molecular weight is 1030 g/mol. The maximum absolute atomic E-state index is 14.0. The second-order valence-corrected chi connectivity index (χ2v) is 15.2. The van der Waals surface area contributed by atoms with E-state index in [2.05, 4.69) is 46.1 Å². The number of esters is 1. The highest BCUT2D eigenvalue weighted by molar-refractivity contribution is 5.77. The van der Waals surface area contributed by atoms with Crippen LogP contribution in [0.3, 0.4) is 0 Å². The molecule has 1 aromatic carbocycles. The summed E-state index contributed by atoms with van der Waals surface area (Å²) in [6, 6.07) is -0.0761. The summed E-state index contributed by atoms with van der Waals surface area (Å²) in [5.41, 5.74) is 15.7. The zero-order valence-corrected chi connectivity index (χ0v) is 40.7. The fourth-order valence-corrected chi connectivity index (χ4v) is 5.90. The number of azide groups is 2. The van der Waals surface area contributed by atoms with Crippen LogP contribution in [0.2, 0.25) is 0 Å². The Morgan fingerprint density at radius 3 is 1.49 bits per heavy atom. The molecule has 0 fully saturated rings. The van der Waals surface area contributed by atoms with Crippen molar-refractivity contribution in [3.63, 3.8) is 0 Å². The van der Waals surface area contributed by atoms with E-state index >= 15 is 0 Å². The van der Waals surface area contributed by atoms with Crippen molar-refractivity contribution in [2.24, 2.45) is 10.2 Å². The van der Waals surface area contributed by atoms with E-state index in [0.717, 1.165) is 39.0 Å².